The Hall–Kier alpha value is -1.07. The number of phenolic OH excluding ortho intramolecular Hbond substituents is 1. The summed E-state index contributed by atoms with van der Waals surface area (Å²) in [7, 11) is -0.993. The summed E-state index contributed by atoms with van der Waals surface area (Å²) < 4.78 is 22.9. The highest BCUT2D eigenvalue weighted by Gasteiger charge is 2.30. The molecule has 0 radical (unpaired) electrons. The van der Waals surface area contributed by atoms with Crippen molar-refractivity contribution in [2.24, 2.45) is 5.92 Å². The number of hydrogen-bond donors (Lipinski definition) is 2. The van der Waals surface area contributed by atoms with Gasteiger partial charge in [0.05, 0.1) is 11.5 Å². The summed E-state index contributed by atoms with van der Waals surface area (Å²) in [6.45, 7) is 0. The molecule has 0 aliphatic carbocycles. The second kappa shape index (κ2) is 5.28. The molecule has 1 fully saturated rings. The van der Waals surface area contributed by atoms with E-state index in [4.69, 9.17) is 0 Å². The highest BCUT2D eigenvalue weighted by molar-refractivity contribution is 7.91. The van der Waals surface area contributed by atoms with Crippen molar-refractivity contribution in [3.8, 4) is 5.75 Å². The fourth-order valence-electron chi connectivity index (χ4n) is 2.64. The fourth-order valence-corrected chi connectivity index (χ4v) is 4.17. The molecule has 1 atom stereocenters. The highest BCUT2D eigenvalue weighted by atomic mass is 32.2. The fraction of sp³-hybridized carbons (Fsp3) is 0.538. The Balaban J connectivity index is 2.18. The van der Waals surface area contributed by atoms with E-state index in [9.17, 15) is 13.5 Å². The topological polar surface area (TPSA) is 66.4 Å². The van der Waals surface area contributed by atoms with E-state index in [1.165, 1.54) is 0 Å². The number of sulfone groups is 1. The van der Waals surface area contributed by atoms with Crippen molar-refractivity contribution in [1.29, 1.82) is 0 Å². The van der Waals surface area contributed by atoms with Gasteiger partial charge in [-0.15, -0.1) is 0 Å². The quantitative estimate of drug-likeness (QED) is 0.872. The molecule has 0 saturated carbocycles. The van der Waals surface area contributed by atoms with Crippen LogP contribution in [0.4, 0.5) is 0 Å². The van der Waals surface area contributed by atoms with Crippen LogP contribution in [0.2, 0.25) is 0 Å². The first-order valence-corrected chi connectivity index (χ1v) is 8.01. The van der Waals surface area contributed by atoms with E-state index in [1.54, 1.807) is 12.1 Å². The molecule has 1 aliphatic rings. The van der Waals surface area contributed by atoms with Crippen LogP contribution in [0.3, 0.4) is 0 Å². The minimum atomic E-state index is -2.84. The SMILES string of the molecule is CNC(c1ccccc1O)C1CCS(=O)(=O)CC1. The van der Waals surface area contributed by atoms with Gasteiger partial charge in [-0.1, -0.05) is 18.2 Å². The summed E-state index contributed by atoms with van der Waals surface area (Å²) in [5, 5.41) is 13.1. The van der Waals surface area contributed by atoms with Crippen molar-refractivity contribution in [2.75, 3.05) is 18.6 Å². The summed E-state index contributed by atoms with van der Waals surface area (Å²) in [4.78, 5) is 0. The molecule has 18 heavy (non-hydrogen) atoms. The number of hydrogen-bond acceptors (Lipinski definition) is 4. The first kappa shape index (κ1) is 13.4. The van der Waals surface area contributed by atoms with Crippen molar-refractivity contribution in [1.82, 2.24) is 5.32 Å². The average molecular weight is 269 g/mol. The van der Waals surface area contributed by atoms with Crippen LogP contribution >= 0.6 is 0 Å². The van der Waals surface area contributed by atoms with Gasteiger partial charge < -0.3 is 10.4 Å². The Morgan fingerprint density at radius 3 is 2.44 bits per heavy atom. The predicted molar refractivity (Wildman–Crippen MR) is 71.3 cm³/mol. The summed E-state index contributed by atoms with van der Waals surface area (Å²) >= 11 is 0. The van der Waals surface area contributed by atoms with Crippen LogP contribution < -0.4 is 5.32 Å². The van der Waals surface area contributed by atoms with Gasteiger partial charge in [-0.25, -0.2) is 8.42 Å². The Bertz CT molecular complexity index is 499. The Morgan fingerprint density at radius 2 is 1.89 bits per heavy atom. The van der Waals surface area contributed by atoms with Crippen molar-refractivity contribution in [3.63, 3.8) is 0 Å². The van der Waals surface area contributed by atoms with E-state index in [2.05, 4.69) is 5.32 Å². The summed E-state index contributed by atoms with van der Waals surface area (Å²) in [6.07, 6.45) is 1.31. The van der Waals surface area contributed by atoms with Crippen LogP contribution in [0.15, 0.2) is 24.3 Å². The molecule has 100 valence electrons. The molecular formula is C13H19NO3S. The molecule has 2 rings (SSSR count). The number of phenols is 1. The van der Waals surface area contributed by atoms with Gasteiger partial charge in [0.25, 0.3) is 0 Å². The lowest BCUT2D eigenvalue weighted by Gasteiger charge is -2.30. The second-order valence-electron chi connectivity index (χ2n) is 4.81. The van der Waals surface area contributed by atoms with Crippen molar-refractivity contribution in [3.05, 3.63) is 29.8 Å². The highest BCUT2D eigenvalue weighted by Crippen LogP contribution is 2.35. The molecule has 0 spiro atoms. The van der Waals surface area contributed by atoms with Gasteiger partial charge in [0.1, 0.15) is 15.6 Å². The van der Waals surface area contributed by atoms with Crippen LogP contribution in [-0.2, 0) is 9.84 Å². The molecule has 2 N–H and O–H groups in total. The Kier molecular flexibility index (Phi) is 3.92. The van der Waals surface area contributed by atoms with E-state index in [-0.39, 0.29) is 29.2 Å². The normalized spacial score (nSPS) is 21.6. The first-order chi connectivity index (χ1) is 8.53. The molecule has 1 aliphatic heterocycles. The molecule has 1 aromatic carbocycles. The van der Waals surface area contributed by atoms with Gasteiger partial charge >= 0.3 is 0 Å². The third kappa shape index (κ3) is 2.84. The molecule has 1 unspecified atom stereocenters. The van der Waals surface area contributed by atoms with E-state index in [0.29, 0.717) is 12.8 Å². The molecule has 1 aromatic rings. The number of benzene rings is 1. The monoisotopic (exact) mass is 269 g/mol. The molecule has 1 saturated heterocycles. The van der Waals surface area contributed by atoms with Gasteiger partial charge in [0.15, 0.2) is 0 Å². The number of nitrogens with one attached hydrogen (secondary N) is 1. The first-order valence-electron chi connectivity index (χ1n) is 6.19. The molecule has 0 bridgehead atoms. The van der Waals surface area contributed by atoms with Gasteiger partial charge in [-0.2, -0.15) is 0 Å². The molecular weight excluding hydrogens is 250 g/mol. The zero-order valence-corrected chi connectivity index (χ0v) is 11.3. The van der Waals surface area contributed by atoms with Crippen molar-refractivity contribution >= 4 is 9.84 Å². The number of aromatic hydroxyl groups is 1. The lowest BCUT2D eigenvalue weighted by Crippen LogP contribution is -2.32. The smallest absolute Gasteiger partial charge is 0.150 e. The zero-order valence-electron chi connectivity index (χ0n) is 10.5. The second-order valence-corrected chi connectivity index (χ2v) is 7.12. The molecule has 5 heteroatoms. The van der Waals surface area contributed by atoms with E-state index >= 15 is 0 Å². The lowest BCUT2D eigenvalue weighted by molar-refractivity contribution is 0.339. The van der Waals surface area contributed by atoms with Gasteiger partial charge in [-0.3, -0.25) is 0 Å². The van der Waals surface area contributed by atoms with Gasteiger partial charge in [-0.05, 0) is 31.9 Å². The molecule has 4 nitrogen and oxygen atoms in total. The van der Waals surface area contributed by atoms with Crippen molar-refractivity contribution < 1.29 is 13.5 Å². The molecule has 1 heterocycles. The summed E-state index contributed by atoms with van der Waals surface area (Å²) in [5.41, 5.74) is 0.851. The summed E-state index contributed by atoms with van der Waals surface area (Å²) in [6, 6.07) is 7.25. The minimum absolute atomic E-state index is 0.0155. The largest absolute Gasteiger partial charge is 0.508 e. The Labute approximate surface area is 108 Å². The third-order valence-corrected chi connectivity index (χ3v) is 5.37. The van der Waals surface area contributed by atoms with Crippen LogP contribution in [0.25, 0.3) is 0 Å². The van der Waals surface area contributed by atoms with E-state index in [0.717, 1.165) is 5.56 Å². The van der Waals surface area contributed by atoms with E-state index in [1.807, 2.05) is 19.2 Å². The Morgan fingerprint density at radius 1 is 1.28 bits per heavy atom. The number of rotatable bonds is 3. The maximum atomic E-state index is 11.4. The molecule has 0 aromatic heterocycles. The summed E-state index contributed by atoms with van der Waals surface area (Å²) in [5.74, 6) is 1.03. The average Bonchev–Trinajstić information content (AvgIpc) is 2.34. The predicted octanol–water partition coefficient (Wildman–Crippen LogP) is 1.48. The van der Waals surface area contributed by atoms with Crippen LogP contribution in [0.1, 0.15) is 24.4 Å². The molecule has 0 amide bonds. The minimum Gasteiger partial charge on any atom is -0.508 e. The third-order valence-electron chi connectivity index (χ3n) is 3.65. The number of para-hydroxylation sites is 1. The van der Waals surface area contributed by atoms with Gasteiger partial charge in [0, 0.05) is 11.6 Å². The van der Waals surface area contributed by atoms with Crippen LogP contribution in [0, 0.1) is 5.92 Å². The van der Waals surface area contributed by atoms with Crippen LogP contribution in [-0.4, -0.2) is 32.1 Å². The lowest BCUT2D eigenvalue weighted by atomic mass is 9.88. The van der Waals surface area contributed by atoms with Crippen LogP contribution in [0.5, 0.6) is 5.75 Å². The zero-order chi connectivity index (χ0) is 13.2. The van der Waals surface area contributed by atoms with E-state index < -0.39 is 9.84 Å². The van der Waals surface area contributed by atoms with Gasteiger partial charge in [0.2, 0.25) is 0 Å². The maximum Gasteiger partial charge on any atom is 0.150 e. The maximum absolute atomic E-state index is 11.4. The van der Waals surface area contributed by atoms with Crippen molar-refractivity contribution in [2.45, 2.75) is 18.9 Å². The standard InChI is InChI=1S/C13H19NO3S/c1-14-13(11-4-2-3-5-12(11)15)10-6-8-18(16,17)9-7-10/h2-5,10,13-15H,6-9H2,1H3.